The minimum absolute atomic E-state index is 0.0257. The molecular formula is C18H30N2O3. The highest BCUT2D eigenvalue weighted by molar-refractivity contribution is 5.80. The van der Waals surface area contributed by atoms with Gasteiger partial charge in [0.05, 0.1) is 6.61 Å². The van der Waals surface area contributed by atoms with Crippen LogP contribution in [0.4, 0.5) is 0 Å². The van der Waals surface area contributed by atoms with Gasteiger partial charge < -0.3 is 15.7 Å². The molecule has 3 rings (SSSR count). The summed E-state index contributed by atoms with van der Waals surface area (Å²) in [6.07, 6.45) is 9.99. The van der Waals surface area contributed by atoms with Crippen LogP contribution in [0.2, 0.25) is 0 Å². The van der Waals surface area contributed by atoms with E-state index in [0.29, 0.717) is 6.54 Å². The summed E-state index contributed by atoms with van der Waals surface area (Å²) in [5, 5.41) is 15.5. The van der Waals surface area contributed by atoms with E-state index in [4.69, 9.17) is 0 Å². The first-order valence-corrected chi connectivity index (χ1v) is 9.31. The van der Waals surface area contributed by atoms with Crippen molar-refractivity contribution in [3.63, 3.8) is 0 Å². The molecule has 130 valence electrons. The Balaban J connectivity index is 1.36. The topological polar surface area (TPSA) is 78.4 Å². The van der Waals surface area contributed by atoms with E-state index in [1.165, 1.54) is 12.8 Å². The van der Waals surface area contributed by atoms with Gasteiger partial charge in [0.1, 0.15) is 0 Å². The molecule has 0 aromatic heterocycles. The molecule has 3 N–H and O–H groups in total. The second-order valence-electron chi connectivity index (χ2n) is 7.91. The van der Waals surface area contributed by atoms with Crippen molar-refractivity contribution in [2.24, 2.45) is 17.3 Å². The summed E-state index contributed by atoms with van der Waals surface area (Å²) in [6.45, 7) is 0.786. The van der Waals surface area contributed by atoms with Crippen molar-refractivity contribution in [2.75, 3.05) is 13.2 Å². The Hall–Kier alpha value is -1.10. The number of hydrogen-bond acceptors (Lipinski definition) is 3. The molecule has 0 aliphatic heterocycles. The lowest BCUT2D eigenvalue weighted by molar-refractivity contribution is -0.127. The van der Waals surface area contributed by atoms with Crippen LogP contribution in [0.25, 0.3) is 0 Å². The average molecular weight is 322 g/mol. The number of aliphatic hydroxyl groups is 1. The van der Waals surface area contributed by atoms with Crippen molar-refractivity contribution in [2.45, 2.75) is 70.3 Å². The van der Waals surface area contributed by atoms with Crippen molar-refractivity contribution < 1.29 is 14.7 Å². The Morgan fingerprint density at radius 3 is 2.09 bits per heavy atom. The minimum atomic E-state index is -0.0257. The summed E-state index contributed by atoms with van der Waals surface area (Å²) in [6, 6.07) is 0.249. The predicted molar refractivity (Wildman–Crippen MR) is 87.6 cm³/mol. The van der Waals surface area contributed by atoms with Crippen molar-refractivity contribution in [3.05, 3.63) is 0 Å². The summed E-state index contributed by atoms with van der Waals surface area (Å²) in [7, 11) is 0. The zero-order valence-electron chi connectivity index (χ0n) is 14.0. The third kappa shape index (κ3) is 4.25. The Bertz CT molecular complexity index is 434. The van der Waals surface area contributed by atoms with Crippen LogP contribution in [0.15, 0.2) is 0 Å². The van der Waals surface area contributed by atoms with Crippen molar-refractivity contribution >= 4 is 11.8 Å². The molecule has 0 unspecified atom stereocenters. The number of carbonyl (C=O) groups excluding carboxylic acids is 2. The molecule has 0 heterocycles. The van der Waals surface area contributed by atoms with E-state index in [1.54, 1.807) is 0 Å². The van der Waals surface area contributed by atoms with Crippen LogP contribution in [-0.2, 0) is 9.59 Å². The van der Waals surface area contributed by atoms with Crippen LogP contribution >= 0.6 is 0 Å². The first-order chi connectivity index (χ1) is 11.1. The number of rotatable bonds is 6. The number of aliphatic hydroxyl groups excluding tert-OH is 1. The molecule has 0 aromatic rings. The molecule has 0 spiro atoms. The summed E-state index contributed by atoms with van der Waals surface area (Å²) in [5.74, 6) is 0.660. The molecule has 3 aliphatic carbocycles. The molecule has 3 saturated carbocycles. The van der Waals surface area contributed by atoms with Gasteiger partial charge in [-0.25, -0.2) is 0 Å². The monoisotopic (exact) mass is 322 g/mol. The minimum Gasteiger partial charge on any atom is -0.396 e. The first kappa shape index (κ1) is 16.7. The Labute approximate surface area is 138 Å². The maximum atomic E-state index is 12.2. The summed E-state index contributed by atoms with van der Waals surface area (Å²) in [4.78, 5) is 24.4. The quantitative estimate of drug-likeness (QED) is 0.697. The third-order valence-corrected chi connectivity index (χ3v) is 6.10. The molecule has 0 radical (unpaired) electrons. The number of nitrogens with one attached hydrogen (secondary N) is 2. The lowest BCUT2D eigenvalue weighted by Gasteiger charge is -2.29. The molecule has 23 heavy (non-hydrogen) atoms. The average Bonchev–Trinajstić information content (AvgIpc) is 3.14. The zero-order valence-corrected chi connectivity index (χ0v) is 14.0. The van der Waals surface area contributed by atoms with Crippen molar-refractivity contribution in [1.29, 1.82) is 0 Å². The van der Waals surface area contributed by atoms with Crippen molar-refractivity contribution in [1.82, 2.24) is 10.6 Å². The summed E-state index contributed by atoms with van der Waals surface area (Å²) in [5.41, 5.74) is -0.0257. The van der Waals surface area contributed by atoms with Crippen molar-refractivity contribution in [3.8, 4) is 0 Å². The lowest BCUT2D eigenvalue weighted by atomic mass is 9.85. The van der Waals surface area contributed by atoms with E-state index in [0.717, 1.165) is 51.4 Å². The molecule has 5 nitrogen and oxygen atoms in total. The molecule has 3 fully saturated rings. The van der Waals surface area contributed by atoms with E-state index in [-0.39, 0.29) is 41.7 Å². The Morgan fingerprint density at radius 1 is 0.913 bits per heavy atom. The molecule has 2 amide bonds. The maximum absolute atomic E-state index is 12.2. The zero-order chi connectivity index (χ0) is 16.3. The van der Waals surface area contributed by atoms with Gasteiger partial charge in [-0.2, -0.15) is 0 Å². The van der Waals surface area contributed by atoms with Gasteiger partial charge in [0.15, 0.2) is 0 Å². The van der Waals surface area contributed by atoms with Gasteiger partial charge in [-0.1, -0.05) is 12.8 Å². The smallest absolute Gasteiger partial charge is 0.223 e. The van der Waals surface area contributed by atoms with Gasteiger partial charge in [0, 0.05) is 29.8 Å². The van der Waals surface area contributed by atoms with Crippen LogP contribution in [0, 0.1) is 17.3 Å². The van der Waals surface area contributed by atoms with Crippen LogP contribution in [0.3, 0.4) is 0 Å². The van der Waals surface area contributed by atoms with E-state index in [9.17, 15) is 14.7 Å². The lowest BCUT2D eigenvalue weighted by Crippen LogP contribution is -2.43. The number of hydrogen-bond donors (Lipinski definition) is 3. The van der Waals surface area contributed by atoms with Gasteiger partial charge in [-0.3, -0.25) is 9.59 Å². The van der Waals surface area contributed by atoms with E-state index >= 15 is 0 Å². The number of amides is 2. The highest BCUT2D eigenvalue weighted by Gasteiger charge is 2.42. The first-order valence-electron chi connectivity index (χ1n) is 9.31. The van der Waals surface area contributed by atoms with Gasteiger partial charge in [-0.05, 0) is 51.4 Å². The highest BCUT2D eigenvalue weighted by Crippen LogP contribution is 2.44. The van der Waals surface area contributed by atoms with Gasteiger partial charge in [0.25, 0.3) is 0 Å². The van der Waals surface area contributed by atoms with E-state index < -0.39 is 0 Å². The largest absolute Gasteiger partial charge is 0.396 e. The van der Waals surface area contributed by atoms with Gasteiger partial charge in [0.2, 0.25) is 11.8 Å². The maximum Gasteiger partial charge on any atom is 0.223 e. The highest BCUT2D eigenvalue weighted by atomic mass is 16.3. The molecule has 5 heteroatoms. The predicted octanol–water partition coefficient (Wildman–Crippen LogP) is 1.74. The fourth-order valence-electron chi connectivity index (χ4n) is 3.99. The standard InChI is InChI=1S/C18H30N2O3/c21-12-18(9-10-18)11-19-16(22)14-5-7-15(8-6-14)20-17(23)13-3-1-2-4-13/h13-15,21H,1-12H2,(H,19,22)(H,20,23). The molecule has 0 atom stereocenters. The fraction of sp³-hybridized carbons (Fsp3) is 0.889. The number of carbonyl (C=O) groups is 2. The summed E-state index contributed by atoms with van der Waals surface area (Å²) < 4.78 is 0. The van der Waals surface area contributed by atoms with E-state index in [2.05, 4.69) is 10.6 Å². The van der Waals surface area contributed by atoms with Gasteiger partial charge >= 0.3 is 0 Å². The molecule has 3 aliphatic rings. The molecular weight excluding hydrogens is 292 g/mol. The fourth-order valence-corrected chi connectivity index (χ4v) is 3.99. The molecule has 0 bridgehead atoms. The second kappa shape index (κ2) is 7.20. The third-order valence-electron chi connectivity index (χ3n) is 6.10. The van der Waals surface area contributed by atoms with Gasteiger partial charge in [-0.15, -0.1) is 0 Å². The summed E-state index contributed by atoms with van der Waals surface area (Å²) >= 11 is 0. The Kier molecular flexibility index (Phi) is 5.24. The van der Waals surface area contributed by atoms with Crippen LogP contribution in [0.5, 0.6) is 0 Å². The van der Waals surface area contributed by atoms with Crippen LogP contribution in [-0.4, -0.2) is 36.1 Å². The Morgan fingerprint density at radius 2 is 1.52 bits per heavy atom. The SMILES string of the molecule is O=C(NCC1(CO)CC1)C1CCC(NC(=O)C2CCCC2)CC1. The molecule has 0 saturated heterocycles. The van der Waals surface area contributed by atoms with Crippen LogP contribution in [0.1, 0.15) is 64.2 Å². The van der Waals surface area contributed by atoms with Crippen LogP contribution < -0.4 is 10.6 Å². The van der Waals surface area contributed by atoms with E-state index in [1.807, 2.05) is 0 Å². The normalized spacial score (nSPS) is 30.0. The molecule has 0 aromatic carbocycles. The second-order valence-corrected chi connectivity index (χ2v) is 7.91.